The number of amides is 1. The van der Waals surface area contributed by atoms with E-state index in [2.05, 4.69) is 27.9 Å². The minimum atomic E-state index is -0.0508. The van der Waals surface area contributed by atoms with Gasteiger partial charge in [0.2, 0.25) is 0 Å². The molecule has 0 saturated carbocycles. The quantitative estimate of drug-likeness (QED) is 0.336. The summed E-state index contributed by atoms with van der Waals surface area (Å²) in [5.74, 6) is 3.27. The minimum absolute atomic E-state index is 0. The Balaban J connectivity index is 0.00000312. The summed E-state index contributed by atoms with van der Waals surface area (Å²) in [7, 11) is 1.65. The van der Waals surface area contributed by atoms with Crippen LogP contribution in [0.25, 0.3) is 0 Å². The number of benzene rings is 1. The summed E-state index contributed by atoms with van der Waals surface area (Å²) in [5, 5.41) is 9.51. The predicted molar refractivity (Wildman–Crippen MR) is 118 cm³/mol. The first kappa shape index (κ1) is 22.1. The van der Waals surface area contributed by atoms with Gasteiger partial charge in [-0.2, -0.15) is 11.8 Å². The van der Waals surface area contributed by atoms with E-state index in [1.165, 1.54) is 18.6 Å². The largest absolute Gasteiger partial charge is 0.357 e. The number of hydrogen-bond acceptors (Lipinski definition) is 3. The first-order chi connectivity index (χ1) is 11.7. The maximum atomic E-state index is 11.7. The smallest absolute Gasteiger partial charge is 0.251 e. The molecule has 1 saturated heterocycles. The van der Waals surface area contributed by atoms with Crippen LogP contribution in [-0.4, -0.2) is 49.6 Å². The van der Waals surface area contributed by atoms with Crippen molar-refractivity contribution in [2.75, 3.05) is 31.6 Å². The molecule has 1 fully saturated rings. The van der Waals surface area contributed by atoms with Crippen molar-refractivity contribution in [1.82, 2.24) is 16.0 Å². The van der Waals surface area contributed by atoms with Gasteiger partial charge in [-0.1, -0.05) is 12.1 Å². The lowest BCUT2D eigenvalue weighted by Crippen LogP contribution is -2.45. The fourth-order valence-corrected chi connectivity index (χ4v) is 3.75. The fraction of sp³-hybridized carbons (Fsp3) is 0.556. The highest BCUT2D eigenvalue weighted by molar-refractivity contribution is 14.0. The van der Waals surface area contributed by atoms with E-state index in [1.54, 1.807) is 7.05 Å². The van der Waals surface area contributed by atoms with Gasteiger partial charge in [-0.05, 0) is 49.6 Å². The number of hydrogen-bond donors (Lipinski definition) is 3. The Morgan fingerprint density at radius 3 is 2.92 bits per heavy atom. The van der Waals surface area contributed by atoms with Crippen LogP contribution in [0.4, 0.5) is 0 Å². The molecule has 1 unspecified atom stereocenters. The number of carbonyl (C=O) groups excluding carboxylic acids is 1. The number of carbonyl (C=O) groups is 1. The zero-order chi connectivity index (χ0) is 17.2. The summed E-state index contributed by atoms with van der Waals surface area (Å²) in [4.78, 5) is 16.4. The molecule has 1 aliphatic rings. The van der Waals surface area contributed by atoms with E-state index in [4.69, 9.17) is 0 Å². The summed E-state index contributed by atoms with van der Waals surface area (Å²) in [5.41, 5.74) is 1.83. The number of nitrogens with one attached hydrogen (secondary N) is 3. The lowest BCUT2D eigenvalue weighted by atomic mass is 10.1. The molecule has 1 amide bonds. The molecule has 5 nitrogen and oxygen atoms in total. The summed E-state index contributed by atoms with van der Waals surface area (Å²) < 4.78 is 0. The number of aliphatic imine (C=N–C) groups is 1. The second kappa shape index (κ2) is 12.4. The van der Waals surface area contributed by atoms with Crippen LogP contribution < -0.4 is 16.0 Å². The van der Waals surface area contributed by atoms with E-state index in [0.717, 1.165) is 30.2 Å². The van der Waals surface area contributed by atoms with Gasteiger partial charge in [-0.25, -0.2) is 0 Å². The van der Waals surface area contributed by atoms with Crippen molar-refractivity contribution in [1.29, 1.82) is 0 Å². The van der Waals surface area contributed by atoms with Gasteiger partial charge in [0.05, 0.1) is 0 Å². The van der Waals surface area contributed by atoms with E-state index >= 15 is 0 Å². The average Bonchev–Trinajstić information content (AvgIpc) is 2.62. The number of thioether (sulfide) groups is 1. The van der Waals surface area contributed by atoms with Crippen molar-refractivity contribution in [3.8, 4) is 0 Å². The van der Waals surface area contributed by atoms with Crippen LogP contribution in [0, 0.1) is 0 Å². The molecule has 7 heteroatoms. The van der Waals surface area contributed by atoms with Gasteiger partial charge in [0.25, 0.3) is 5.91 Å². The second-order valence-electron chi connectivity index (χ2n) is 5.85. The first-order valence-electron chi connectivity index (χ1n) is 8.66. The molecule has 1 heterocycles. The number of halogens is 1. The van der Waals surface area contributed by atoms with Crippen molar-refractivity contribution in [2.45, 2.75) is 32.2 Å². The normalized spacial score (nSPS) is 17.4. The molecule has 3 N–H and O–H groups in total. The summed E-state index contributed by atoms with van der Waals surface area (Å²) in [6.07, 6.45) is 3.31. The van der Waals surface area contributed by atoms with E-state index in [-0.39, 0.29) is 29.9 Å². The third-order valence-corrected chi connectivity index (χ3v) is 5.15. The summed E-state index contributed by atoms with van der Waals surface area (Å²) >= 11 is 2.01. The van der Waals surface area contributed by atoms with Gasteiger partial charge < -0.3 is 16.0 Å². The highest BCUT2D eigenvalue weighted by Crippen LogP contribution is 2.16. The molecule has 25 heavy (non-hydrogen) atoms. The van der Waals surface area contributed by atoms with Crippen molar-refractivity contribution in [3.63, 3.8) is 0 Å². The molecule has 0 aromatic heterocycles. The van der Waals surface area contributed by atoms with E-state index in [0.29, 0.717) is 18.2 Å². The van der Waals surface area contributed by atoms with E-state index in [9.17, 15) is 4.79 Å². The maximum absolute atomic E-state index is 11.7. The van der Waals surface area contributed by atoms with Crippen LogP contribution in [0.1, 0.15) is 35.7 Å². The first-order valence-corrected chi connectivity index (χ1v) is 9.82. The van der Waals surface area contributed by atoms with Crippen LogP contribution in [0.2, 0.25) is 0 Å². The molecule has 2 rings (SSSR count). The lowest BCUT2D eigenvalue weighted by Gasteiger charge is -2.24. The summed E-state index contributed by atoms with van der Waals surface area (Å²) in [6, 6.07) is 8.25. The average molecular weight is 476 g/mol. The zero-order valence-electron chi connectivity index (χ0n) is 15.0. The zero-order valence-corrected chi connectivity index (χ0v) is 18.2. The third-order valence-electron chi connectivity index (χ3n) is 3.93. The Morgan fingerprint density at radius 2 is 2.24 bits per heavy atom. The molecule has 0 spiro atoms. The Kier molecular flexibility index (Phi) is 11.0. The molecular formula is C18H29IN4OS. The van der Waals surface area contributed by atoms with Gasteiger partial charge >= 0.3 is 0 Å². The molecule has 140 valence electrons. The number of rotatable bonds is 6. The molecule has 0 radical (unpaired) electrons. The molecule has 1 aromatic rings. The van der Waals surface area contributed by atoms with Gasteiger partial charge in [0.1, 0.15) is 0 Å². The predicted octanol–water partition coefficient (Wildman–Crippen LogP) is 2.66. The van der Waals surface area contributed by atoms with E-state index < -0.39 is 0 Å². The van der Waals surface area contributed by atoms with E-state index in [1.807, 2.05) is 36.0 Å². The molecular weight excluding hydrogens is 447 g/mol. The number of nitrogens with zero attached hydrogens (tertiary/aromatic N) is 1. The molecule has 1 aromatic carbocycles. The van der Waals surface area contributed by atoms with Crippen LogP contribution in [-0.2, 0) is 6.42 Å². The fourth-order valence-electron chi connectivity index (χ4n) is 2.68. The molecule has 0 bridgehead atoms. The third kappa shape index (κ3) is 7.85. The standard InChI is InChI=1S/C18H28N4OS.HI/c1-3-20-18(22-16-8-5-11-24-13-16)21-10-9-14-6-4-7-15(12-14)17(23)19-2;/h4,6-7,12,16H,3,5,8-11,13H2,1-2H3,(H,19,23)(H2,20,21,22);1H. The Morgan fingerprint density at radius 1 is 1.40 bits per heavy atom. The highest BCUT2D eigenvalue weighted by atomic mass is 127. The Bertz CT molecular complexity index is 562. The topological polar surface area (TPSA) is 65.5 Å². The SMILES string of the molecule is CCNC(=NCCc1cccc(C(=O)NC)c1)NC1CCCSC1.I. The minimum Gasteiger partial charge on any atom is -0.357 e. The van der Waals surface area contributed by atoms with Crippen molar-refractivity contribution in [2.24, 2.45) is 4.99 Å². The molecule has 1 atom stereocenters. The van der Waals surface area contributed by atoms with Crippen molar-refractivity contribution >= 4 is 47.6 Å². The maximum Gasteiger partial charge on any atom is 0.251 e. The van der Waals surface area contributed by atoms with Gasteiger partial charge in [-0.15, -0.1) is 24.0 Å². The highest BCUT2D eigenvalue weighted by Gasteiger charge is 2.14. The van der Waals surface area contributed by atoms with Crippen LogP contribution in [0.3, 0.4) is 0 Å². The second-order valence-corrected chi connectivity index (χ2v) is 7.00. The van der Waals surface area contributed by atoms with Crippen molar-refractivity contribution in [3.05, 3.63) is 35.4 Å². The van der Waals surface area contributed by atoms with Crippen molar-refractivity contribution < 1.29 is 4.79 Å². The molecule has 1 aliphatic heterocycles. The van der Waals surface area contributed by atoms with Gasteiger partial charge in [-0.3, -0.25) is 9.79 Å². The Hall–Kier alpha value is -0.960. The summed E-state index contributed by atoms with van der Waals surface area (Å²) in [6.45, 7) is 3.64. The van der Waals surface area contributed by atoms with Crippen LogP contribution in [0.5, 0.6) is 0 Å². The Labute approximate surface area is 172 Å². The number of guanidine groups is 1. The van der Waals surface area contributed by atoms with Gasteiger partial charge in [0.15, 0.2) is 5.96 Å². The monoisotopic (exact) mass is 476 g/mol. The lowest BCUT2D eigenvalue weighted by molar-refractivity contribution is 0.0963. The molecule has 0 aliphatic carbocycles. The van der Waals surface area contributed by atoms with Crippen LogP contribution >= 0.6 is 35.7 Å². The van der Waals surface area contributed by atoms with Crippen LogP contribution in [0.15, 0.2) is 29.3 Å². The van der Waals surface area contributed by atoms with Gasteiger partial charge in [0, 0.05) is 37.5 Å².